The first kappa shape index (κ1) is 20.5. The first-order valence-corrected chi connectivity index (χ1v) is 8.80. The molecule has 0 saturated carbocycles. The molecule has 142 valence electrons. The van der Waals surface area contributed by atoms with Gasteiger partial charge in [-0.2, -0.15) is 5.10 Å². The van der Waals surface area contributed by atoms with Crippen molar-refractivity contribution >= 4 is 29.9 Å². The van der Waals surface area contributed by atoms with Crippen LogP contribution >= 0.6 is 24.0 Å². The van der Waals surface area contributed by atoms with Gasteiger partial charge in [0.05, 0.1) is 12.7 Å². The number of nitrogens with zero attached hydrogens (tertiary/aromatic N) is 4. The highest BCUT2D eigenvalue weighted by molar-refractivity contribution is 14.0. The number of halogens is 1. The molecule has 1 aromatic carbocycles. The van der Waals surface area contributed by atoms with Crippen molar-refractivity contribution in [2.45, 2.75) is 19.3 Å². The molecule has 6 nitrogen and oxygen atoms in total. The second-order valence-electron chi connectivity index (χ2n) is 6.47. The highest BCUT2D eigenvalue weighted by atomic mass is 127. The average Bonchev–Trinajstić information content (AvgIpc) is 3.25. The fourth-order valence-corrected chi connectivity index (χ4v) is 3.25. The molecule has 0 radical (unpaired) electrons. The van der Waals surface area contributed by atoms with Crippen LogP contribution in [-0.4, -0.2) is 53.9 Å². The van der Waals surface area contributed by atoms with Crippen LogP contribution in [0.4, 0.5) is 0 Å². The van der Waals surface area contributed by atoms with Gasteiger partial charge in [-0.3, -0.25) is 9.67 Å². The Labute approximate surface area is 172 Å². The molecule has 26 heavy (non-hydrogen) atoms. The molecule has 1 N–H and O–H groups in total. The minimum atomic E-state index is 0. The number of aromatic nitrogens is 2. The van der Waals surface area contributed by atoms with Crippen LogP contribution in [0.2, 0.25) is 0 Å². The van der Waals surface area contributed by atoms with E-state index < -0.39 is 0 Å². The molecule has 2 heterocycles. The molecular weight excluding hydrogens is 441 g/mol. The summed E-state index contributed by atoms with van der Waals surface area (Å²) in [6, 6.07) is 8.08. The van der Waals surface area contributed by atoms with Crippen LogP contribution in [0.5, 0.6) is 5.75 Å². The zero-order valence-electron chi connectivity index (χ0n) is 15.7. The van der Waals surface area contributed by atoms with Crippen molar-refractivity contribution < 1.29 is 4.74 Å². The Kier molecular flexibility index (Phi) is 7.74. The highest BCUT2D eigenvalue weighted by Crippen LogP contribution is 2.26. The maximum atomic E-state index is 5.84. The summed E-state index contributed by atoms with van der Waals surface area (Å²) in [4.78, 5) is 6.73. The minimum Gasteiger partial charge on any atom is -0.491 e. The van der Waals surface area contributed by atoms with E-state index in [1.807, 2.05) is 43.2 Å². The summed E-state index contributed by atoms with van der Waals surface area (Å²) in [6.45, 7) is 5.39. The Balaban J connectivity index is 0.00000243. The number of hydrogen-bond acceptors (Lipinski definition) is 3. The molecule has 1 fully saturated rings. The first-order valence-electron chi connectivity index (χ1n) is 8.80. The number of guanidine groups is 1. The van der Waals surface area contributed by atoms with E-state index in [1.165, 1.54) is 5.56 Å². The van der Waals surface area contributed by atoms with Crippen molar-refractivity contribution in [2.75, 3.05) is 33.3 Å². The van der Waals surface area contributed by atoms with Crippen molar-refractivity contribution in [3.05, 3.63) is 47.8 Å². The number of para-hydroxylation sites is 1. The van der Waals surface area contributed by atoms with Crippen molar-refractivity contribution in [3.8, 4) is 5.75 Å². The molecule has 3 rings (SSSR count). The molecule has 0 bridgehead atoms. The highest BCUT2D eigenvalue weighted by Gasteiger charge is 2.26. The van der Waals surface area contributed by atoms with E-state index in [4.69, 9.17) is 4.74 Å². The summed E-state index contributed by atoms with van der Waals surface area (Å²) in [6.07, 6.45) is 5.22. The summed E-state index contributed by atoms with van der Waals surface area (Å²) in [5, 5.41) is 7.69. The van der Waals surface area contributed by atoms with E-state index in [-0.39, 0.29) is 24.0 Å². The van der Waals surface area contributed by atoms with Gasteiger partial charge in [0.1, 0.15) is 12.4 Å². The topological polar surface area (TPSA) is 54.7 Å². The molecule has 0 aliphatic carbocycles. The fraction of sp³-hybridized carbons (Fsp3) is 0.474. The standard InChI is InChI=1S/C19H27N5O.HI/c1-15-6-4-5-7-18(15)25-11-9-21-19(20-2)24-10-8-16(14-24)17-12-22-23(3)13-17;/h4-7,12-13,16H,8-11,14H2,1-3H3,(H,20,21);1H. The Bertz CT molecular complexity index is 730. The summed E-state index contributed by atoms with van der Waals surface area (Å²) >= 11 is 0. The van der Waals surface area contributed by atoms with Crippen LogP contribution in [0.25, 0.3) is 0 Å². The molecule has 1 saturated heterocycles. The zero-order chi connectivity index (χ0) is 17.6. The monoisotopic (exact) mass is 469 g/mol. The molecule has 1 aliphatic rings. The van der Waals surface area contributed by atoms with Crippen molar-refractivity contribution in [3.63, 3.8) is 0 Å². The lowest BCUT2D eigenvalue weighted by Gasteiger charge is -2.21. The smallest absolute Gasteiger partial charge is 0.193 e. The van der Waals surface area contributed by atoms with E-state index in [1.54, 1.807) is 0 Å². The number of aliphatic imine (C=N–C) groups is 1. The summed E-state index contributed by atoms with van der Waals surface area (Å²) in [7, 11) is 3.80. The molecule has 0 amide bonds. The Morgan fingerprint density at radius 2 is 2.19 bits per heavy atom. The quantitative estimate of drug-likeness (QED) is 0.317. The molecule has 1 aliphatic heterocycles. The molecular formula is C19H28IN5O. The SMILES string of the molecule is CN=C(NCCOc1ccccc1C)N1CCC(c2cnn(C)c2)C1.I. The normalized spacial score (nSPS) is 17.1. The van der Waals surface area contributed by atoms with Crippen LogP contribution < -0.4 is 10.1 Å². The van der Waals surface area contributed by atoms with Crippen molar-refractivity contribution in [1.82, 2.24) is 20.0 Å². The first-order chi connectivity index (χ1) is 12.2. The predicted molar refractivity (Wildman–Crippen MR) is 116 cm³/mol. The van der Waals surface area contributed by atoms with Gasteiger partial charge in [-0.25, -0.2) is 0 Å². The Morgan fingerprint density at radius 3 is 2.88 bits per heavy atom. The summed E-state index contributed by atoms with van der Waals surface area (Å²) in [5.41, 5.74) is 2.47. The van der Waals surface area contributed by atoms with Gasteiger partial charge in [-0.05, 0) is 30.5 Å². The predicted octanol–water partition coefficient (Wildman–Crippen LogP) is 2.79. The lowest BCUT2D eigenvalue weighted by atomic mass is 10.0. The summed E-state index contributed by atoms with van der Waals surface area (Å²) < 4.78 is 7.71. The maximum Gasteiger partial charge on any atom is 0.193 e. The number of hydrogen-bond donors (Lipinski definition) is 1. The van der Waals surface area contributed by atoms with Gasteiger partial charge < -0.3 is 15.0 Å². The van der Waals surface area contributed by atoms with E-state index in [2.05, 4.69) is 39.5 Å². The number of benzene rings is 1. The molecule has 1 aromatic heterocycles. The average molecular weight is 469 g/mol. The second-order valence-corrected chi connectivity index (χ2v) is 6.47. The third-order valence-corrected chi connectivity index (χ3v) is 4.63. The van der Waals surface area contributed by atoms with E-state index >= 15 is 0 Å². The van der Waals surface area contributed by atoms with Crippen LogP contribution in [0.15, 0.2) is 41.7 Å². The van der Waals surface area contributed by atoms with Crippen LogP contribution in [0, 0.1) is 6.92 Å². The lowest BCUT2D eigenvalue weighted by Crippen LogP contribution is -2.41. The van der Waals surface area contributed by atoms with Crippen molar-refractivity contribution in [2.24, 2.45) is 12.0 Å². The van der Waals surface area contributed by atoms with Crippen LogP contribution in [0.1, 0.15) is 23.5 Å². The molecule has 0 spiro atoms. The fourth-order valence-electron chi connectivity index (χ4n) is 3.25. The molecule has 1 atom stereocenters. The third kappa shape index (κ3) is 5.12. The van der Waals surface area contributed by atoms with E-state index in [0.29, 0.717) is 12.5 Å². The van der Waals surface area contributed by atoms with Crippen LogP contribution in [0.3, 0.4) is 0 Å². The number of aryl methyl sites for hydroxylation is 2. The Morgan fingerprint density at radius 1 is 1.38 bits per heavy atom. The van der Waals surface area contributed by atoms with Gasteiger partial charge >= 0.3 is 0 Å². The largest absolute Gasteiger partial charge is 0.491 e. The van der Waals surface area contributed by atoms with Gasteiger partial charge in [-0.15, -0.1) is 24.0 Å². The molecule has 1 unspecified atom stereocenters. The van der Waals surface area contributed by atoms with Gasteiger partial charge in [0.2, 0.25) is 0 Å². The van der Waals surface area contributed by atoms with Gasteiger partial charge in [-0.1, -0.05) is 18.2 Å². The number of rotatable bonds is 5. The molecule has 7 heteroatoms. The lowest BCUT2D eigenvalue weighted by molar-refractivity contribution is 0.317. The number of likely N-dealkylation sites (tertiary alicyclic amines) is 1. The van der Waals surface area contributed by atoms with Crippen molar-refractivity contribution in [1.29, 1.82) is 0 Å². The van der Waals surface area contributed by atoms with Gasteiger partial charge in [0, 0.05) is 39.3 Å². The van der Waals surface area contributed by atoms with Gasteiger partial charge in [0.15, 0.2) is 5.96 Å². The Hall–Kier alpha value is -1.77. The third-order valence-electron chi connectivity index (χ3n) is 4.63. The number of ether oxygens (including phenoxy) is 1. The van der Waals surface area contributed by atoms with Gasteiger partial charge in [0.25, 0.3) is 0 Å². The number of nitrogens with one attached hydrogen (secondary N) is 1. The minimum absolute atomic E-state index is 0. The molecule has 2 aromatic rings. The van der Waals surface area contributed by atoms with E-state index in [9.17, 15) is 0 Å². The maximum absolute atomic E-state index is 5.84. The van der Waals surface area contributed by atoms with Crippen LogP contribution in [-0.2, 0) is 7.05 Å². The summed E-state index contributed by atoms with van der Waals surface area (Å²) in [5.74, 6) is 2.41. The zero-order valence-corrected chi connectivity index (χ0v) is 18.0. The van der Waals surface area contributed by atoms with E-state index in [0.717, 1.165) is 43.3 Å². The second kappa shape index (κ2) is 9.80.